The highest BCUT2D eigenvalue weighted by molar-refractivity contribution is 5.94. The molecule has 0 saturated carbocycles. The number of pyridine rings is 1. The van der Waals surface area contributed by atoms with Crippen molar-refractivity contribution in [2.24, 2.45) is 5.92 Å². The van der Waals surface area contributed by atoms with E-state index in [2.05, 4.69) is 19.9 Å². The molecule has 1 aromatic rings. The molecular weight excluding hydrogens is 270 g/mol. The number of esters is 1. The van der Waals surface area contributed by atoms with E-state index in [4.69, 9.17) is 0 Å². The summed E-state index contributed by atoms with van der Waals surface area (Å²) in [5.41, 5.74) is 0.495. The normalized spacial score (nSPS) is 15.6. The summed E-state index contributed by atoms with van der Waals surface area (Å²) in [6, 6.07) is 3.63. The lowest BCUT2D eigenvalue weighted by atomic mass is 10.2. The topological polar surface area (TPSA) is 71.5 Å². The number of carbonyl (C=O) groups is 2. The first kappa shape index (κ1) is 15.3. The standard InChI is InChI=1S/C15H21N3O3/c1-11(15(20)21-2)9-17-14(19)12-5-6-13(16-10-12)18-7-3-4-8-18/h5-6,10-11H,3-4,7-9H2,1-2H3,(H,17,19)/t11-/m0/s1. The second-order valence-corrected chi connectivity index (χ2v) is 5.23. The highest BCUT2D eigenvalue weighted by atomic mass is 16.5. The molecule has 0 bridgehead atoms. The molecule has 21 heavy (non-hydrogen) atoms. The maximum absolute atomic E-state index is 12.0. The minimum absolute atomic E-state index is 0.230. The zero-order chi connectivity index (χ0) is 15.2. The van der Waals surface area contributed by atoms with Gasteiger partial charge >= 0.3 is 5.97 Å². The molecule has 1 aromatic heterocycles. The third kappa shape index (κ3) is 3.93. The number of rotatable bonds is 5. The largest absolute Gasteiger partial charge is 0.469 e. The van der Waals surface area contributed by atoms with Gasteiger partial charge in [0.25, 0.3) is 5.91 Å². The van der Waals surface area contributed by atoms with Crippen LogP contribution in [0.5, 0.6) is 0 Å². The Morgan fingerprint density at radius 2 is 2.10 bits per heavy atom. The van der Waals surface area contributed by atoms with E-state index < -0.39 is 0 Å². The van der Waals surface area contributed by atoms with Crippen LogP contribution in [0.4, 0.5) is 5.82 Å². The lowest BCUT2D eigenvalue weighted by molar-refractivity contribution is -0.144. The van der Waals surface area contributed by atoms with Crippen molar-refractivity contribution in [2.75, 3.05) is 31.6 Å². The van der Waals surface area contributed by atoms with Gasteiger partial charge in [-0.3, -0.25) is 9.59 Å². The Balaban J connectivity index is 1.89. The van der Waals surface area contributed by atoms with Crippen molar-refractivity contribution in [1.82, 2.24) is 10.3 Å². The van der Waals surface area contributed by atoms with Crippen molar-refractivity contribution in [1.29, 1.82) is 0 Å². The van der Waals surface area contributed by atoms with Gasteiger partial charge in [-0.25, -0.2) is 4.98 Å². The number of aromatic nitrogens is 1. The first-order valence-electron chi connectivity index (χ1n) is 7.19. The predicted molar refractivity (Wildman–Crippen MR) is 79.2 cm³/mol. The van der Waals surface area contributed by atoms with E-state index in [9.17, 15) is 9.59 Å². The Morgan fingerprint density at radius 3 is 2.67 bits per heavy atom. The molecule has 1 atom stereocenters. The van der Waals surface area contributed by atoms with Gasteiger partial charge in [0.05, 0.1) is 18.6 Å². The van der Waals surface area contributed by atoms with Gasteiger partial charge in [-0.2, -0.15) is 0 Å². The van der Waals surface area contributed by atoms with Crippen LogP contribution in [0.1, 0.15) is 30.1 Å². The fourth-order valence-corrected chi connectivity index (χ4v) is 2.29. The summed E-state index contributed by atoms with van der Waals surface area (Å²) in [5, 5.41) is 2.71. The van der Waals surface area contributed by atoms with Crippen molar-refractivity contribution in [3.63, 3.8) is 0 Å². The fraction of sp³-hybridized carbons (Fsp3) is 0.533. The van der Waals surface area contributed by atoms with E-state index in [1.165, 1.54) is 20.0 Å². The number of hydrogen-bond acceptors (Lipinski definition) is 5. The molecule has 1 saturated heterocycles. The van der Waals surface area contributed by atoms with Gasteiger partial charge in [-0.05, 0) is 25.0 Å². The molecule has 1 fully saturated rings. The van der Waals surface area contributed by atoms with Crippen LogP contribution < -0.4 is 10.2 Å². The second-order valence-electron chi connectivity index (χ2n) is 5.23. The molecule has 0 aromatic carbocycles. The number of nitrogens with one attached hydrogen (secondary N) is 1. The highest BCUT2D eigenvalue weighted by Crippen LogP contribution is 2.17. The summed E-state index contributed by atoms with van der Waals surface area (Å²) in [6.07, 6.45) is 3.95. The first-order valence-corrected chi connectivity index (χ1v) is 7.19. The van der Waals surface area contributed by atoms with Crippen LogP contribution in [0.3, 0.4) is 0 Å². The number of nitrogens with zero attached hydrogens (tertiary/aromatic N) is 2. The number of hydrogen-bond donors (Lipinski definition) is 1. The summed E-state index contributed by atoms with van der Waals surface area (Å²) in [4.78, 5) is 29.8. The van der Waals surface area contributed by atoms with E-state index in [-0.39, 0.29) is 24.3 Å². The lowest BCUT2D eigenvalue weighted by Gasteiger charge is -2.16. The molecule has 0 radical (unpaired) electrons. The molecule has 1 amide bonds. The van der Waals surface area contributed by atoms with E-state index >= 15 is 0 Å². The molecule has 1 N–H and O–H groups in total. The van der Waals surface area contributed by atoms with E-state index in [0.717, 1.165) is 18.9 Å². The average Bonchev–Trinajstić information content (AvgIpc) is 3.06. The Kier molecular flexibility index (Phi) is 5.14. The van der Waals surface area contributed by atoms with Gasteiger partial charge in [0.15, 0.2) is 0 Å². The van der Waals surface area contributed by atoms with E-state index in [0.29, 0.717) is 5.56 Å². The zero-order valence-corrected chi connectivity index (χ0v) is 12.5. The van der Waals surface area contributed by atoms with Gasteiger partial charge in [-0.15, -0.1) is 0 Å². The smallest absolute Gasteiger partial charge is 0.310 e. The van der Waals surface area contributed by atoms with Crippen LogP contribution in [-0.4, -0.2) is 43.6 Å². The van der Waals surface area contributed by atoms with Crippen LogP contribution in [0.15, 0.2) is 18.3 Å². The Labute approximate surface area is 124 Å². The predicted octanol–water partition coefficient (Wildman–Crippen LogP) is 1.22. The molecule has 6 nitrogen and oxygen atoms in total. The van der Waals surface area contributed by atoms with Crippen LogP contribution >= 0.6 is 0 Å². The minimum Gasteiger partial charge on any atom is -0.469 e. The molecule has 1 aliphatic heterocycles. The van der Waals surface area contributed by atoms with E-state index in [1.54, 1.807) is 19.2 Å². The van der Waals surface area contributed by atoms with E-state index in [1.807, 2.05) is 6.07 Å². The Hall–Kier alpha value is -2.11. The fourth-order valence-electron chi connectivity index (χ4n) is 2.29. The van der Waals surface area contributed by atoms with Gasteiger partial charge < -0.3 is 15.0 Å². The number of carbonyl (C=O) groups excluding carboxylic acids is 2. The average molecular weight is 291 g/mol. The van der Waals surface area contributed by atoms with Gasteiger partial charge in [0.1, 0.15) is 5.82 Å². The molecule has 2 heterocycles. The van der Waals surface area contributed by atoms with Crippen LogP contribution in [0.25, 0.3) is 0 Å². The van der Waals surface area contributed by atoms with Gasteiger partial charge in [0, 0.05) is 25.8 Å². The second kappa shape index (κ2) is 7.06. The molecule has 6 heteroatoms. The van der Waals surface area contributed by atoms with Crippen molar-refractivity contribution < 1.29 is 14.3 Å². The Morgan fingerprint density at radius 1 is 1.38 bits per heavy atom. The maximum Gasteiger partial charge on any atom is 0.310 e. The zero-order valence-electron chi connectivity index (χ0n) is 12.5. The summed E-state index contributed by atoms with van der Waals surface area (Å²) in [5.74, 6) is -0.0215. The van der Waals surface area contributed by atoms with Crippen molar-refractivity contribution >= 4 is 17.7 Å². The Bertz CT molecular complexity index is 495. The minimum atomic E-state index is -0.365. The quantitative estimate of drug-likeness (QED) is 0.826. The first-order chi connectivity index (χ1) is 10.1. The number of amides is 1. The summed E-state index contributed by atoms with van der Waals surface area (Å²) >= 11 is 0. The van der Waals surface area contributed by atoms with Crippen molar-refractivity contribution in [2.45, 2.75) is 19.8 Å². The van der Waals surface area contributed by atoms with Crippen LogP contribution in [0, 0.1) is 5.92 Å². The number of anilines is 1. The molecule has 2 rings (SSSR count). The molecule has 0 aliphatic carbocycles. The summed E-state index contributed by atoms with van der Waals surface area (Å²) in [6.45, 7) is 4.00. The SMILES string of the molecule is COC(=O)[C@@H](C)CNC(=O)c1ccc(N2CCCC2)nc1. The molecule has 1 aliphatic rings. The van der Waals surface area contributed by atoms with Crippen molar-refractivity contribution in [3.8, 4) is 0 Å². The van der Waals surface area contributed by atoms with Gasteiger partial charge in [0.2, 0.25) is 0 Å². The molecule has 0 unspecified atom stereocenters. The molecule has 114 valence electrons. The molecular formula is C15H21N3O3. The maximum atomic E-state index is 12.0. The van der Waals surface area contributed by atoms with Crippen LogP contribution in [-0.2, 0) is 9.53 Å². The van der Waals surface area contributed by atoms with Crippen molar-refractivity contribution in [3.05, 3.63) is 23.9 Å². The number of ether oxygens (including phenoxy) is 1. The van der Waals surface area contributed by atoms with Gasteiger partial charge in [-0.1, -0.05) is 6.92 Å². The lowest BCUT2D eigenvalue weighted by Crippen LogP contribution is -2.32. The summed E-state index contributed by atoms with van der Waals surface area (Å²) in [7, 11) is 1.33. The monoisotopic (exact) mass is 291 g/mol. The number of methoxy groups -OCH3 is 1. The summed E-state index contributed by atoms with van der Waals surface area (Å²) < 4.78 is 4.61. The third-order valence-electron chi connectivity index (χ3n) is 3.61. The molecule has 0 spiro atoms. The highest BCUT2D eigenvalue weighted by Gasteiger charge is 2.16. The third-order valence-corrected chi connectivity index (χ3v) is 3.61. The van der Waals surface area contributed by atoms with Crippen LogP contribution in [0.2, 0.25) is 0 Å².